The summed E-state index contributed by atoms with van der Waals surface area (Å²) in [5.74, 6) is 1.24. The third-order valence-electron chi connectivity index (χ3n) is 3.34. The van der Waals surface area contributed by atoms with E-state index in [1.165, 1.54) is 12.8 Å². The van der Waals surface area contributed by atoms with Crippen molar-refractivity contribution < 1.29 is 9.53 Å². The molecular formula is C12H21NO2. The average Bonchev–Trinajstić information content (AvgIpc) is 2.91. The number of rotatable bonds is 6. The third-order valence-corrected chi connectivity index (χ3v) is 3.34. The zero-order chi connectivity index (χ0) is 10.7. The fourth-order valence-corrected chi connectivity index (χ4v) is 2.16. The van der Waals surface area contributed by atoms with Crippen molar-refractivity contribution in [3.63, 3.8) is 0 Å². The van der Waals surface area contributed by atoms with Gasteiger partial charge in [0.2, 0.25) is 0 Å². The first-order chi connectivity index (χ1) is 7.31. The van der Waals surface area contributed by atoms with Crippen LogP contribution in [0.5, 0.6) is 0 Å². The monoisotopic (exact) mass is 211 g/mol. The highest BCUT2D eigenvalue weighted by molar-refractivity contribution is 5.82. The van der Waals surface area contributed by atoms with Crippen molar-refractivity contribution in [3.8, 4) is 0 Å². The number of carbonyl (C=O) groups is 1. The molecule has 0 amide bonds. The highest BCUT2D eigenvalue weighted by Crippen LogP contribution is 2.34. The summed E-state index contributed by atoms with van der Waals surface area (Å²) in [6, 6.07) is 0.274. The average molecular weight is 211 g/mol. The minimum absolute atomic E-state index is 0.122. The predicted octanol–water partition coefficient (Wildman–Crippen LogP) is 1.37. The third kappa shape index (κ3) is 3.02. The molecule has 0 aromatic heterocycles. The fourth-order valence-electron chi connectivity index (χ4n) is 2.16. The molecular weight excluding hydrogens is 190 g/mol. The Morgan fingerprint density at radius 3 is 2.87 bits per heavy atom. The molecule has 86 valence electrons. The van der Waals surface area contributed by atoms with Crippen LogP contribution in [0.3, 0.4) is 0 Å². The second kappa shape index (κ2) is 5.08. The van der Waals surface area contributed by atoms with E-state index in [0.29, 0.717) is 24.9 Å². The van der Waals surface area contributed by atoms with Crippen molar-refractivity contribution in [3.05, 3.63) is 0 Å². The van der Waals surface area contributed by atoms with Crippen LogP contribution in [0.25, 0.3) is 0 Å². The van der Waals surface area contributed by atoms with Gasteiger partial charge in [-0.05, 0) is 31.7 Å². The maximum Gasteiger partial charge on any atom is 0.140 e. The van der Waals surface area contributed by atoms with Crippen molar-refractivity contribution >= 4 is 5.78 Å². The summed E-state index contributed by atoms with van der Waals surface area (Å²) in [4.78, 5) is 11.9. The van der Waals surface area contributed by atoms with Crippen LogP contribution >= 0.6 is 0 Å². The van der Waals surface area contributed by atoms with Crippen molar-refractivity contribution in [1.29, 1.82) is 0 Å². The van der Waals surface area contributed by atoms with Gasteiger partial charge in [-0.15, -0.1) is 0 Å². The Kier molecular flexibility index (Phi) is 3.76. The molecule has 0 bridgehead atoms. The Bertz CT molecular complexity index is 226. The lowest BCUT2D eigenvalue weighted by atomic mass is 9.95. The molecule has 2 atom stereocenters. The van der Waals surface area contributed by atoms with Crippen LogP contribution in [0.4, 0.5) is 0 Å². The predicted molar refractivity (Wildman–Crippen MR) is 58.7 cm³/mol. The van der Waals surface area contributed by atoms with E-state index in [4.69, 9.17) is 4.74 Å². The summed E-state index contributed by atoms with van der Waals surface area (Å²) in [5.41, 5.74) is 0. The molecule has 0 aromatic rings. The van der Waals surface area contributed by atoms with Crippen molar-refractivity contribution in [2.45, 2.75) is 38.6 Å². The summed E-state index contributed by atoms with van der Waals surface area (Å²) < 4.78 is 5.41. The maximum atomic E-state index is 11.9. The van der Waals surface area contributed by atoms with Crippen LogP contribution in [0.15, 0.2) is 0 Å². The quantitative estimate of drug-likeness (QED) is 0.721. The molecule has 0 radical (unpaired) electrons. The Labute approximate surface area is 91.6 Å². The number of Topliss-reactive ketones (excluding diaryl/α,β-unsaturated/α-hetero) is 1. The van der Waals surface area contributed by atoms with E-state index < -0.39 is 0 Å². The van der Waals surface area contributed by atoms with E-state index in [1.807, 2.05) is 0 Å². The molecule has 3 nitrogen and oxygen atoms in total. The van der Waals surface area contributed by atoms with Gasteiger partial charge in [0.05, 0.1) is 19.1 Å². The molecule has 3 heteroatoms. The first-order valence-electron chi connectivity index (χ1n) is 6.15. The number of ether oxygens (including phenoxy) is 1. The van der Waals surface area contributed by atoms with Gasteiger partial charge in [-0.2, -0.15) is 0 Å². The zero-order valence-electron chi connectivity index (χ0n) is 9.50. The second-order valence-corrected chi connectivity index (χ2v) is 4.82. The lowest BCUT2D eigenvalue weighted by Crippen LogP contribution is -2.39. The van der Waals surface area contributed by atoms with E-state index in [0.717, 1.165) is 19.4 Å². The Hall–Kier alpha value is -0.410. The summed E-state index contributed by atoms with van der Waals surface area (Å²) in [6.45, 7) is 4.47. The van der Waals surface area contributed by atoms with Gasteiger partial charge in [0.1, 0.15) is 5.78 Å². The molecule has 1 aliphatic heterocycles. The molecule has 0 aromatic carbocycles. The smallest absolute Gasteiger partial charge is 0.140 e. The van der Waals surface area contributed by atoms with Gasteiger partial charge >= 0.3 is 0 Å². The highest BCUT2D eigenvalue weighted by Gasteiger charge is 2.36. The second-order valence-electron chi connectivity index (χ2n) is 4.82. The number of hydrogen-bond donors (Lipinski definition) is 1. The van der Waals surface area contributed by atoms with Gasteiger partial charge in [0.15, 0.2) is 0 Å². The molecule has 1 saturated heterocycles. The SMILES string of the molecule is CCCNC1COCC1C(=O)CC1CC1. The normalized spacial score (nSPS) is 30.7. The van der Waals surface area contributed by atoms with Gasteiger partial charge in [0, 0.05) is 12.5 Å². The molecule has 2 fully saturated rings. The lowest BCUT2D eigenvalue weighted by molar-refractivity contribution is -0.123. The lowest BCUT2D eigenvalue weighted by Gasteiger charge is -2.17. The van der Waals surface area contributed by atoms with E-state index in [2.05, 4.69) is 12.2 Å². The Morgan fingerprint density at radius 2 is 2.20 bits per heavy atom. The van der Waals surface area contributed by atoms with Crippen LogP contribution in [0.2, 0.25) is 0 Å². The summed E-state index contributed by atoms with van der Waals surface area (Å²) >= 11 is 0. The summed E-state index contributed by atoms with van der Waals surface area (Å²) in [5, 5.41) is 3.41. The number of nitrogens with one attached hydrogen (secondary N) is 1. The Morgan fingerprint density at radius 1 is 1.40 bits per heavy atom. The van der Waals surface area contributed by atoms with Gasteiger partial charge in [-0.3, -0.25) is 4.79 Å². The van der Waals surface area contributed by atoms with Crippen LogP contribution in [-0.2, 0) is 9.53 Å². The van der Waals surface area contributed by atoms with Crippen molar-refractivity contribution in [1.82, 2.24) is 5.32 Å². The molecule has 1 heterocycles. The first-order valence-corrected chi connectivity index (χ1v) is 6.15. The summed E-state index contributed by atoms with van der Waals surface area (Å²) in [6.07, 6.45) is 4.41. The molecule has 0 spiro atoms. The molecule has 1 saturated carbocycles. The number of ketones is 1. The van der Waals surface area contributed by atoms with Crippen LogP contribution in [0, 0.1) is 11.8 Å². The highest BCUT2D eigenvalue weighted by atomic mass is 16.5. The standard InChI is InChI=1S/C12H21NO2/c1-2-5-13-11-8-15-7-10(11)12(14)6-9-3-4-9/h9-11,13H,2-8H2,1H3. The first kappa shape index (κ1) is 11.1. The molecule has 2 unspecified atom stereocenters. The largest absolute Gasteiger partial charge is 0.379 e. The van der Waals surface area contributed by atoms with E-state index in [1.54, 1.807) is 0 Å². The molecule has 2 aliphatic rings. The number of hydrogen-bond acceptors (Lipinski definition) is 3. The van der Waals surface area contributed by atoms with Gasteiger partial charge < -0.3 is 10.1 Å². The topological polar surface area (TPSA) is 38.3 Å². The number of carbonyl (C=O) groups excluding carboxylic acids is 1. The van der Waals surface area contributed by atoms with E-state index >= 15 is 0 Å². The van der Waals surface area contributed by atoms with Crippen LogP contribution < -0.4 is 5.32 Å². The maximum absolute atomic E-state index is 11.9. The minimum Gasteiger partial charge on any atom is -0.379 e. The van der Waals surface area contributed by atoms with Gasteiger partial charge in [-0.1, -0.05) is 6.92 Å². The molecule has 2 rings (SSSR count). The fraction of sp³-hybridized carbons (Fsp3) is 0.917. The van der Waals surface area contributed by atoms with Gasteiger partial charge in [0.25, 0.3) is 0 Å². The van der Waals surface area contributed by atoms with Crippen molar-refractivity contribution in [2.75, 3.05) is 19.8 Å². The molecule has 1 aliphatic carbocycles. The van der Waals surface area contributed by atoms with Crippen molar-refractivity contribution in [2.24, 2.45) is 11.8 Å². The minimum atomic E-state index is 0.122. The van der Waals surface area contributed by atoms with Crippen LogP contribution in [-0.4, -0.2) is 31.6 Å². The zero-order valence-corrected chi connectivity index (χ0v) is 9.50. The van der Waals surface area contributed by atoms with E-state index in [-0.39, 0.29) is 12.0 Å². The van der Waals surface area contributed by atoms with Gasteiger partial charge in [-0.25, -0.2) is 0 Å². The molecule has 15 heavy (non-hydrogen) atoms. The van der Waals surface area contributed by atoms with Crippen LogP contribution in [0.1, 0.15) is 32.6 Å². The van der Waals surface area contributed by atoms with E-state index in [9.17, 15) is 4.79 Å². The summed E-state index contributed by atoms with van der Waals surface area (Å²) in [7, 11) is 0. The molecule has 1 N–H and O–H groups in total. The Balaban J connectivity index is 1.79.